The molecule has 0 heterocycles. The fraction of sp³-hybridized carbons (Fsp3) is 0.462. The average molecular weight is 273 g/mol. The summed E-state index contributed by atoms with van der Waals surface area (Å²) in [5, 5.41) is 11.1. The molecule has 1 aromatic carbocycles. The van der Waals surface area contributed by atoms with Crippen molar-refractivity contribution < 1.29 is 23.1 Å². The minimum atomic E-state index is -4.43. The van der Waals surface area contributed by atoms with Gasteiger partial charge >= 0.3 is 12.1 Å². The zero-order valence-corrected chi connectivity index (χ0v) is 10.1. The molecule has 104 valence electrons. The zero-order valence-electron chi connectivity index (χ0n) is 10.1. The number of carbonyl (C=O) groups is 1. The van der Waals surface area contributed by atoms with Crippen LogP contribution in [0.4, 0.5) is 13.2 Å². The third kappa shape index (κ3) is 3.96. The minimum absolute atomic E-state index is 0.362. The number of carboxylic acids is 1. The maximum Gasteiger partial charge on any atom is 0.401 e. The van der Waals surface area contributed by atoms with Crippen molar-refractivity contribution in [2.75, 3.05) is 6.54 Å². The van der Waals surface area contributed by atoms with E-state index in [1.807, 2.05) is 11.4 Å². The van der Waals surface area contributed by atoms with E-state index in [2.05, 4.69) is 0 Å². The molecule has 1 unspecified atom stereocenters. The van der Waals surface area contributed by atoms with E-state index >= 15 is 0 Å². The number of carboxylic acid groups (broad SMARTS) is 1. The van der Waals surface area contributed by atoms with E-state index in [1.165, 1.54) is 6.07 Å². The monoisotopic (exact) mass is 273 g/mol. The van der Waals surface area contributed by atoms with Gasteiger partial charge in [-0.25, -0.2) is 0 Å². The van der Waals surface area contributed by atoms with Gasteiger partial charge in [-0.2, -0.15) is 13.2 Å². The molecule has 2 rings (SSSR count). The second-order valence-corrected chi connectivity index (χ2v) is 4.71. The van der Waals surface area contributed by atoms with Gasteiger partial charge in [0.2, 0.25) is 0 Å². The predicted octanol–water partition coefficient (Wildman–Crippen LogP) is 2.84. The first-order valence-electron chi connectivity index (χ1n) is 5.99. The summed E-state index contributed by atoms with van der Waals surface area (Å²) in [6, 6.07) is 5.45. The van der Waals surface area contributed by atoms with E-state index in [4.69, 9.17) is 5.11 Å². The molecular weight excluding hydrogens is 259 g/mol. The number of benzene rings is 1. The molecule has 1 aromatic rings. The van der Waals surface area contributed by atoms with Gasteiger partial charge in [0.05, 0.1) is 6.54 Å². The highest BCUT2D eigenvalue weighted by molar-refractivity contribution is 5.75. The lowest BCUT2D eigenvalue weighted by Crippen LogP contribution is -2.36. The molecule has 1 fully saturated rings. The van der Waals surface area contributed by atoms with Crippen LogP contribution in [0.3, 0.4) is 0 Å². The number of hydrogen-bond donors (Lipinski definition) is 2. The van der Waals surface area contributed by atoms with Crippen LogP contribution in [0.1, 0.15) is 35.9 Å². The number of hydrogen-bond acceptors (Lipinski definition) is 2. The van der Waals surface area contributed by atoms with Gasteiger partial charge in [0.15, 0.2) is 0 Å². The Morgan fingerprint density at radius 2 is 2.11 bits per heavy atom. The maximum atomic E-state index is 12.2. The molecule has 1 aliphatic rings. The summed E-state index contributed by atoms with van der Waals surface area (Å²) < 4.78 is 36.5. The summed E-state index contributed by atoms with van der Waals surface area (Å²) in [5.74, 6) is -0.880. The van der Waals surface area contributed by atoms with Crippen molar-refractivity contribution in [2.24, 2.45) is 0 Å². The van der Waals surface area contributed by atoms with Gasteiger partial charge < -0.3 is 5.11 Å². The molecule has 3 nitrogen and oxygen atoms in total. The van der Waals surface area contributed by atoms with Gasteiger partial charge in [-0.3, -0.25) is 10.1 Å². The largest absolute Gasteiger partial charge is 0.480 e. The summed E-state index contributed by atoms with van der Waals surface area (Å²) in [5.41, 5.74) is 1.36. The van der Waals surface area contributed by atoms with Crippen LogP contribution in [0.15, 0.2) is 24.3 Å². The van der Waals surface area contributed by atoms with Crippen LogP contribution in [0.25, 0.3) is 0 Å². The average Bonchev–Trinajstić information content (AvgIpc) is 3.11. The lowest BCUT2D eigenvalue weighted by molar-refractivity contribution is -0.143. The Bertz CT molecular complexity index is 469. The summed E-state index contributed by atoms with van der Waals surface area (Å²) >= 11 is 0. The van der Waals surface area contributed by atoms with Crippen molar-refractivity contribution in [2.45, 2.75) is 31.0 Å². The molecule has 0 amide bonds. The van der Waals surface area contributed by atoms with Crippen molar-refractivity contribution in [3.63, 3.8) is 0 Å². The van der Waals surface area contributed by atoms with Crippen molar-refractivity contribution in [1.29, 1.82) is 0 Å². The number of aliphatic carboxylic acids is 1. The molecule has 2 N–H and O–H groups in total. The quantitative estimate of drug-likeness (QED) is 0.867. The summed E-state index contributed by atoms with van der Waals surface area (Å²) in [6.45, 7) is -1.32. The molecule has 1 atom stereocenters. The molecular formula is C13H14F3NO2. The van der Waals surface area contributed by atoms with E-state index in [-0.39, 0.29) is 0 Å². The summed E-state index contributed by atoms with van der Waals surface area (Å²) in [7, 11) is 0. The van der Waals surface area contributed by atoms with Crippen LogP contribution in [0.5, 0.6) is 0 Å². The van der Waals surface area contributed by atoms with Crippen molar-refractivity contribution in [3.05, 3.63) is 35.4 Å². The molecule has 19 heavy (non-hydrogen) atoms. The highest BCUT2D eigenvalue weighted by Gasteiger charge is 2.31. The standard InChI is InChI=1S/C13H14F3NO2/c14-13(15,16)7-17-11(12(18)19)10-3-1-2-9(6-10)8-4-5-8/h1-3,6,8,11,17H,4-5,7H2,(H,18,19). The molecule has 0 aromatic heterocycles. The second-order valence-electron chi connectivity index (χ2n) is 4.71. The lowest BCUT2D eigenvalue weighted by Gasteiger charge is -2.17. The van der Waals surface area contributed by atoms with Gasteiger partial charge in [0, 0.05) is 0 Å². The van der Waals surface area contributed by atoms with E-state index in [1.54, 1.807) is 12.1 Å². The lowest BCUT2D eigenvalue weighted by atomic mass is 10.0. The first-order chi connectivity index (χ1) is 8.87. The molecule has 1 saturated carbocycles. The van der Waals surface area contributed by atoms with E-state index < -0.39 is 24.7 Å². The second kappa shape index (κ2) is 5.21. The Morgan fingerprint density at radius 1 is 1.42 bits per heavy atom. The molecule has 0 aliphatic heterocycles. The van der Waals surface area contributed by atoms with Crippen LogP contribution < -0.4 is 5.32 Å². The Balaban J connectivity index is 2.13. The third-order valence-corrected chi connectivity index (χ3v) is 3.05. The number of rotatable bonds is 5. The molecule has 0 bridgehead atoms. The minimum Gasteiger partial charge on any atom is -0.480 e. The first kappa shape index (κ1) is 13.9. The molecule has 0 radical (unpaired) electrons. The van der Waals surface area contributed by atoms with Crippen LogP contribution in [0.2, 0.25) is 0 Å². The van der Waals surface area contributed by atoms with Gasteiger partial charge in [-0.15, -0.1) is 0 Å². The van der Waals surface area contributed by atoms with E-state index in [0.717, 1.165) is 18.4 Å². The summed E-state index contributed by atoms with van der Waals surface area (Å²) in [6.07, 6.45) is -2.32. The van der Waals surface area contributed by atoms with Gasteiger partial charge in [0.1, 0.15) is 6.04 Å². The number of halogens is 3. The first-order valence-corrected chi connectivity index (χ1v) is 5.99. The van der Waals surface area contributed by atoms with Crippen LogP contribution in [-0.4, -0.2) is 23.8 Å². The number of alkyl halides is 3. The van der Waals surface area contributed by atoms with E-state index in [9.17, 15) is 18.0 Å². The Hall–Kier alpha value is -1.56. The normalized spacial score (nSPS) is 17.2. The van der Waals surface area contributed by atoms with Crippen LogP contribution in [0, 0.1) is 0 Å². The topological polar surface area (TPSA) is 49.3 Å². The maximum absolute atomic E-state index is 12.2. The highest BCUT2D eigenvalue weighted by atomic mass is 19.4. The highest BCUT2D eigenvalue weighted by Crippen LogP contribution is 2.40. The Labute approximate surface area is 108 Å². The van der Waals surface area contributed by atoms with Crippen molar-refractivity contribution in [1.82, 2.24) is 5.32 Å². The van der Waals surface area contributed by atoms with Gasteiger partial charge in [0.25, 0.3) is 0 Å². The molecule has 0 spiro atoms. The fourth-order valence-electron chi connectivity index (χ4n) is 1.97. The molecule has 1 aliphatic carbocycles. The fourth-order valence-corrected chi connectivity index (χ4v) is 1.97. The molecule has 0 saturated heterocycles. The Kier molecular flexibility index (Phi) is 3.80. The Morgan fingerprint density at radius 3 is 2.63 bits per heavy atom. The smallest absolute Gasteiger partial charge is 0.401 e. The van der Waals surface area contributed by atoms with Gasteiger partial charge in [-0.1, -0.05) is 24.3 Å². The molecule has 6 heteroatoms. The number of nitrogens with one attached hydrogen (secondary N) is 1. The zero-order chi connectivity index (χ0) is 14.0. The van der Waals surface area contributed by atoms with Crippen molar-refractivity contribution in [3.8, 4) is 0 Å². The third-order valence-electron chi connectivity index (χ3n) is 3.05. The predicted molar refractivity (Wildman–Crippen MR) is 62.9 cm³/mol. The van der Waals surface area contributed by atoms with Crippen LogP contribution in [-0.2, 0) is 4.79 Å². The van der Waals surface area contributed by atoms with Gasteiger partial charge in [-0.05, 0) is 29.9 Å². The summed E-state index contributed by atoms with van der Waals surface area (Å²) in [4.78, 5) is 11.1. The SMILES string of the molecule is O=C(O)C(NCC(F)(F)F)c1cccc(C2CC2)c1. The van der Waals surface area contributed by atoms with Crippen molar-refractivity contribution >= 4 is 5.97 Å². The van der Waals surface area contributed by atoms with E-state index in [0.29, 0.717) is 11.5 Å². The van der Waals surface area contributed by atoms with Crippen LogP contribution >= 0.6 is 0 Å².